The van der Waals surface area contributed by atoms with Crippen molar-refractivity contribution in [3.05, 3.63) is 103 Å². The molecular formula is C32H25F7N6OS. The zero-order chi connectivity index (χ0) is 33.8. The van der Waals surface area contributed by atoms with Crippen LogP contribution in [0.5, 0.6) is 0 Å². The second-order valence-corrected chi connectivity index (χ2v) is 11.0. The second kappa shape index (κ2) is 13.8. The SMILES string of the molecule is Cc1c(-c2nccc3cnc(Nc4ccc(SNc5ccccc5)cc4)cc23)ccc2c1cnn2CF.OC(C(F)(F)F)C(F)(F)F. The molecule has 0 radical (unpaired) electrons. The van der Waals surface area contributed by atoms with Crippen LogP contribution < -0.4 is 10.0 Å². The number of benzene rings is 3. The molecule has 0 saturated heterocycles. The monoisotopic (exact) mass is 674 g/mol. The van der Waals surface area contributed by atoms with Crippen LogP contribution in [0.15, 0.2) is 102 Å². The van der Waals surface area contributed by atoms with E-state index in [9.17, 15) is 30.7 Å². The number of pyridine rings is 2. The molecule has 3 aromatic carbocycles. The topological polar surface area (TPSA) is 87.9 Å². The van der Waals surface area contributed by atoms with Gasteiger partial charge in [0.25, 0.3) is 0 Å². The van der Waals surface area contributed by atoms with Gasteiger partial charge in [0.15, 0.2) is 6.80 Å². The molecule has 244 valence electrons. The Morgan fingerprint density at radius 1 is 0.830 bits per heavy atom. The van der Waals surface area contributed by atoms with Gasteiger partial charge in [-0.05, 0) is 79.0 Å². The van der Waals surface area contributed by atoms with E-state index in [-0.39, 0.29) is 0 Å². The molecule has 0 aliphatic rings. The molecule has 0 atom stereocenters. The van der Waals surface area contributed by atoms with E-state index in [0.29, 0.717) is 0 Å². The van der Waals surface area contributed by atoms with Crippen LogP contribution in [0.2, 0.25) is 0 Å². The summed E-state index contributed by atoms with van der Waals surface area (Å²) in [6.45, 7) is 1.37. The third-order valence-corrected chi connectivity index (χ3v) is 7.77. The van der Waals surface area contributed by atoms with Crippen LogP contribution in [0.1, 0.15) is 5.56 Å². The molecule has 3 aromatic heterocycles. The van der Waals surface area contributed by atoms with Crippen molar-refractivity contribution in [2.24, 2.45) is 0 Å². The number of alkyl halides is 7. The van der Waals surface area contributed by atoms with Crippen LogP contribution in [-0.4, -0.2) is 43.3 Å². The zero-order valence-corrected chi connectivity index (χ0v) is 25.1. The number of aromatic nitrogens is 4. The van der Waals surface area contributed by atoms with Gasteiger partial charge >= 0.3 is 12.4 Å². The molecule has 0 unspecified atom stereocenters. The van der Waals surface area contributed by atoms with Crippen LogP contribution >= 0.6 is 11.9 Å². The van der Waals surface area contributed by atoms with E-state index in [1.54, 1.807) is 24.3 Å². The van der Waals surface area contributed by atoms with E-state index in [1.807, 2.05) is 79.9 Å². The first-order valence-corrected chi connectivity index (χ1v) is 14.6. The first-order chi connectivity index (χ1) is 22.3. The Labute approximate surface area is 267 Å². The fourth-order valence-corrected chi connectivity index (χ4v) is 5.20. The summed E-state index contributed by atoms with van der Waals surface area (Å²) in [6, 6.07) is 26.1. The number of hydrogen-bond donors (Lipinski definition) is 3. The Morgan fingerprint density at radius 2 is 1.53 bits per heavy atom. The number of hydrogen-bond acceptors (Lipinski definition) is 7. The maximum Gasteiger partial charge on any atom is 0.423 e. The van der Waals surface area contributed by atoms with Crippen LogP contribution in [-0.2, 0) is 6.80 Å². The van der Waals surface area contributed by atoms with Gasteiger partial charge in [-0.25, -0.2) is 14.1 Å². The Morgan fingerprint density at radius 3 is 2.17 bits per heavy atom. The van der Waals surface area contributed by atoms with E-state index >= 15 is 0 Å². The van der Waals surface area contributed by atoms with Crippen molar-refractivity contribution >= 4 is 50.8 Å². The van der Waals surface area contributed by atoms with Crippen LogP contribution in [0.25, 0.3) is 32.9 Å². The maximum absolute atomic E-state index is 13.3. The van der Waals surface area contributed by atoms with Gasteiger partial charge in [-0.15, -0.1) is 0 Å². The van der Waals surface area contributed by atoms with Gasteiger partial charge in [0.1, 0.15) is 5.82 Å². The highest BCUT2D eigenvalue weighted by Gasteiger charge is 2.55. The summed E-state index contributed by atoms with van der Waals surface area (Å²) in [4.78, 5) is 10.4. The average molecular weight is 675 g/mol. The highest BCUT2D eigenvalue weighted by atomic mass is 32.2. The highest BCUT2D eigenvalue weighted by Crippen LogP contribution is 2.35. The molecule has 0 spiro atoms. The van der Waals surface area contributed by atoms with Crippen molar-refractivity contribution in [1.29, 1.82) is 0 Å². The van der Waals surface area contributed by atoms with Crippen molar-refractivity contribution in [3.63, 3.8) is 0 Å². The molecule has 6 rings (SSSR count). The Hall–Kier alpha value is -4.89. The fraction of sp³-hybridized carbons (Fsp3) is 0.156. The number of para-hydroxylation sites is 1. The number of anilines is 3. The summed E-state index contributed by atoms with van der Waals surface area (Å²) in [5.41, 5.74) is 5.63. The lowest BCUT2D eigenvalue weighted by atomic mass is 9.98. The average Bonchev–Trinajstić information content (AvgIpc) is 3.48. The summed E-state index contributed by atoms with van der Waals surface area (Å²) in [7, 11) is 0. The van der Waals surface area contributed by atoms with Gasteiger partial charge in [-0.3, -0.25) is 4.98 Å². The van der Waals surface area contributed by atoms with Crippen molar-refractivity contribution < 1.29 is 35.8 Å². The Bertz CT molecular complexity index is 1950. The summed E-state index contributed by atoms with van der Waals surface area (Å²) in [5.74, 6) is 0.730. The highest BCUT2D eigenvalue weighted by molar-refractivity contribution is 8.00. The number of nitrogens with zero attached hydrogens (tertiary/aromatic N) is 4. The number of nitrogens with one attached hydrogen (secondary N) is 2. The minimum absolute atomic E-state index is 0.654. The van der Waals surface area contributed by atoms with Gasteiger partial charge in [0, 0.05) is 50.4 Å². The molecule has 0 bridgehead atoms. The lowest BCUT2D eigenvalue weighted by Gasteiger charge is -2.16. The summed E-state index contributed by atoms with van der Waals surface area (Å²) >= 11 is 1.57. The number of halogens is 7. The fourth-order valence-electron chi connectivity index (χ4n) is 4.56. The van der Waals surface area contributed by atoms with Crippen LogP contribution in [0.3, 0.4) is 0 Å². The first-order valence-electron chi connectivity index (χ1n) is 13.8. The number of rotatable bonds is 7. The minimum Gasteiger partial charge on any atom is -0.377 e. The molecule has 0 saturated carbocycles. The van der Waals surface area contributed by atoms with Crippen LogP contribution in [0.4, 0.5) is 47.9 Å². The number of aryl methyl sites for hydroxylation is 1. The number of fused-ring (bicyclic) bond motifs is 2. The molecule has 3 heterocycles. The molecule has 47 heavy (non-hydrogen) atoms. The zero-order valence-electron chi connectivity index (χ0n) is 24.3. The third-order valence-electron chi connectivity index (χ3n) is 6.92. The van der Waals surface area contributed by atoms with E-state index in [0.717, 1.165) is 60.6 Å². The lowest BCUT2D eigenvalue weighted by Crippen LogP contribution is -2.41. The standard InChI is InChI=1S/C29H23FN6S.C3H2F6O/c1-19-24(11-12-27-26(19)17-33-36(27)18-30)29-25-15-28(32-16-20(25)13-14-31-29)34-21-7-9-23(10-8-21)37-35-22-5-3-2-4-6-22;4-2(5,6)1(10)3(7,8)9/h2-17,35H,18H2,1H3,(H,32,34);1,10H. The smallest absolute Gasteiger partial charge is 0.377 e. The molecule has 0 fully saturated rings. The molecule has 0 aliphatic heterocycles. The van der Waals surface area contributed by atoms with Crippen molar-refractivity contribution in [2.45, 2.75) is 37.1 Å². The normalized spacial score (nSPS) is 11.9. The van der Waals surface area contributed by atoms with E-state index in [2.05, 4.69) is 32.3 Å². The van der Waals surface area contributed by atoms with E-state index in [4.69, 9.17) is 10.1 Å². The largest absolute Gasteiger partial charge is 0.423 e. The Balaban J connectivity index is 0.000000378. The van der Waals surface area contributed by atoms with Gasteiger partial charge < -0.3 is 15.1 Å². The molecule has 7 nitrogen and oxygen atoms in total. The Kier molecular flexibility index (Phi) is 9.86. The summed E-state index contributed by atoms with van der Waals surface area (Å²) in [6.07, 6.45) is -10.1. The van der Waals surface area contributed by atoms with Crippen LogP contribution in [0, 0.1) is 6.92 Å². The predicted octanol–water partition coefficient (Wildman–Crippen LogP) is 9.22. The van der Waals surface area contributed by atoms with Gasteiger partial charge in [-0.2, -0.15) is 31.4 Å². The third kappa shape index (κ3) is 7.92. The van der Waals surface area contributed by atoms with E-state index in [1.165, 1.54) is 4.68 Å². The molecule has 6 aromatic rings. The second-order valence-electron chi connectivity index (χ2n) is 10.1. The minimum atomic E-state index is -5.63. The van der Waals surface area contributed by atoms with Crippen molar-refractivity contribution in [2.75, 3.05) is 10.0 Å². The van der Waals surface area contributed by atoms with Gasteiger partial charge in [0.05, 0.1) is 17.4 Å². The molecular weight excluding hydrogens is 649 g/mol. The predicted molar refractivity (Wildman–Crippen MR) is 168 cm³/mol. The summed E-state index contributed by atoms with van der Waals surface area (Å²) in [5, 5.41) is 17.9. The van der Waals surface area contributed by atoms with Gasteiger partial charge in [0.2, 0.25) is 6.10 Å². The molecule has 0 amide bonds. The molecule has 0 aliphatic carbocycles. The van der Waals surface area contributed by atoms with Crippen molar-refractivity contribution in [3.8, 4) is 11.3 Å². The number of aliphatic hydroxyl groups excluding tert-OH is 1. The molecule has 15 heteroatoms. The lowest BCUT2D eigenvalue weighted by molar-refractivity contribution is -0.308. The van der Waals surface area contributed by atoms with E-state index < -0.39 is 25.3 Å². The van der Waals surface area contributed by atoms with Gasteiger partial charge in [-0.1, -0.05) is 24.3 Å². The quantitative estimate of drug-likeness (QED) is 0.115. The number of aliphatic hydroxyl groups is 1. The van der Waals surface area contributed by atoms with Crippen molar-refractivity contribution in [1.82, 2.24) is 19.7 Å². The maximum atomic E-state index is 13.3. The summed E-state index contributed by atoms with van der Waals surface area (Å²) < 4.78 is 83.8. The molecule has 3 N–H and O–H groups in total. The first kappa shape index (κ1) is 33.5.